The van der Waals surface area contributed by atoms with Gasteiger partial charge in [0.15, 0.2) is 0 Å². The molecular weight excluding hydrogens is 152 g/mol. The van der Waals surface area contributed by atoms with Crippen LogP contribution in [0.4, 0.5) is 0 Å². The van der Waals surface area contributed by atoms with Gasteiger partial charge < -0.3 is 0 Å². The molecule has 0 aromatic heterocycles. The molecule has 0 spiro atoms. The van der Waals surface area contributed by atoms with Gasteiger partial charge in [-0.25, -0.2) is 5.01 Å². The SMILES string of the molecule is Cl.O=CNN1CCCCC1. The maximum absolute atomic E-state index is 9.92. The molecule has 0 radical (unpaired) electrons. The second-order valence-electron chi connectivity index (χ2n) is 2.29. The molecule has 1 aliphatic heterocycles. The molecule has 0 unspecified atom stereocenters. The van der Waals surface area contributed by atoms with Gasteiger partial charge in [-0.3, -0.25) is 10.2 Å². The molecule has 1 rings (SSSR count). The summed E-state index contributed by atoms with van der Waals surface area (Å²) in [4.78, 5) is 9.92. The highest BCUT2D eigenvalue weighted by atomic mass is 35.5. The summed E-state index contributed by atoms with van der Waals surface area (Å²) < 4.78 is 0. The highest BCUT2D eigenvalue weighted by molar-refractivity contribution is 5.85. The number of amides is 1. The van der Waals surface area contributed by atoms with Gasteiger partial charge in [-0.05, 0) is 12.8 Å². The normalized spacial score (nSPS) is 19.2. The van der Waals surface area contributed by atoms with Crippen LogP contribution in [-0.4, -0.2) is 24.5 Å². The van der Waals surface area contributed by atoms with E-state index in [4.69, 9.17) is 0 Å². The fourth-order valence-electron chi connectivity index (χ4n) is 1.10. The summed E-state index contributed by atoms with van der Waals surface area (Å²) in [6.07, 6.45) is 4.46. The number of rotatable bonds is 2. The number of carbonyl (C=O) groups excluding carboxylic acids is 1. The first kappa shape index (κ1) is 9.72. The first-order chi connectivity index (χ1) is 4.43. The van der Waals surface area contributed by atoms with E-state index in [9.17, 15) is 4.79 Å². The van der Waals surface area contributed by atoms with Gasteiger partial charge in [-0.15, -0.1) is 12.4 Å². The van der Waals surface area contributed by atoms with Crippen LogP contribution in [0.25, 0.3) is 0 Å². The maximum atomic E-state index is 9.92. The van der Waals surface area contributed by atoms with Crippen LogP contribution in [0.3, 0.4) is 0 Å². The van der Waals surface area contributed by atoms with Crippen LogP contribution >= 0.6 is 12.4 Å². The number of halogens is 1. The molecular formula is C6H13ClN2O. The van der Waals surface area contributed by atoms with Gasteiger partial charge in [0.2, 0.25) is 6.41 Å². The summed E-state index contributed by atoms with van der Waals surface area (Å²) in [5.41, 5.74) is 2.64. The van der Waals surface area contributed by atoms with E-state index in [1.807, 2.05) is 5.01 Å². The van der Waals surface area contributed by atoms with Crippen molar-refractivity contribution >= 4 is 18.8 Å². The molecule has 0 aromatic rings. The largest absolute Gasteiger partial charge is 0.292 e. The van der Waals surface area contributed by atoms with E-state index in [0.717, 1.165) is 19.5 Å². The van der Waals surface area contributed by atoms with Crippen LogP contribution in [0, 0.1) is 0 Å². The summed E-state index contributed by atoms with van der Waals surface area (Å²) in [7, 11) is 0. The molecule has 0 saturated carbocycles. The third-order valence-corrected chi connectivity index (χ3v) is 1.59. The van der Waals surface area contributed by atoms with E-state index < -0.39 is 0 Å². The lowest BCUT2D eigenvalue weighted by Crippen LogP contribution is -2.40. The first-order valence-corrected chi connectivity index (χ1v) is 3.38. The number of hydrogen-bond donors (Lipinski definition) is 1. The summed E-state index contributed by atoms with van der Waals surface area (Å²) in [6, 6.07) is 0. The second kappa shape index (κ2) is 5.50. The van der Waals surface area contributed by atoms with Crippen molar-refractivity contribution in [2.75, 3.05) is 13.1 Å². The summed E-state index contributed by atoms with van der Waals surface area (Å²) in [5, 5.41) is 1.95. The van der Waals surface area contributed by atoms with Crippen molar-refractivity contribution < 1.29 is 4.79 Å². The number of hydrogen-bond acceptors (Lipinski definition) is 2. The Balaban J connectivity index is 0.000000810. The van der Waals surface area contributed by atoms with Crippen molar-refractivity contribution in [3.05, 3.63) is 0 Å². The lowest BCUT2D eigenvalue weighted by Gasteiger charge is -2.24. The van der Waals surface area contributed by atoms with Crippen LogP contribution in [0.5, 0.6) is 0 Å². The van der Waals surface area contributed by atoms with Gasteiger partial charge in [0, 0.05) is 13.1 Å². The zero-order chi connectivity index (χ0) is 6.53. The van der Waals surface area contributed by atoms with E-state index >= 15 is 0 Å². The zero-order valence-corrected chi connectivity index (χ0v) is 6.69. The predicted octanol–water partition coefficient (Wildman–Crippen LogP) is 0.555. The molecule has 10 heavy (non-hydrogen) atoms. The van der Waals surface area contributed by atoms with Gasteiger partial charge in [0.1, 0.15) is 0 Å². The highest BCUT2D eigenvalue weighted by Gasteiger charge is 2.06. The molecule has 0 aliphatic carbocycles. The van der Waals surface area contributed by atoms with Crippen LogP contribution in [0.15, 0.2) is 0 Å². The lowest BCUT2D eigenvalue weighted by atomic mass is 10.2. The molecule has 1 aliphatic rings. The summed E-state index contributed by atoms with van der Waals surface area (Å²) in [5.74, 6) is 0. The smallest absolute Gasteiger partial charge is 0.221 e. The Hall–Kier alpha value is -0.280. The molecule has 1 N–H and O–H groups in total. The standard InChI is InChI=1S/C6H12N2O.ClH/c9-6-7-8-4-2-1-3-5-8;/h6H,1-5H2,(H,7,9);1H. The number of nitrogens with zero attached hydrogens (tertiary/aromatic N) is 1. The molecule has 60 valence electrons. The van der Waals surface area contributed by atoms with Gasteiger partial charge >= 0.3 is 0 Å². The Morgan fingerprint density at radius 3 is 2.30 bits per heavy atom. The Morgan fingerprint density at radius 2 is 1.80 bits per heavy atom. The second-order valence-corrected chi connectivity index (χ2v) is 2.29. The Morgan fingerprint density at radius 1 is 1.20 bits per heavy atom. The quantitative estimate of drug-likeness (QED) is 0.605. The molecule has 3 nitrogen and oxygen atoms in total. The Labute approximate surface area is 67.2 Å². The molecule has 4 heteroatoms. The topological polar surface area (TPSA) is 32.3 Å². The predicted molar refractivity (Wildman–Crippen MR) is 41.9 cm³/mol. The third kappa shape index (κ3) is 3.03. The molecule has 0 aromatic carbocycles. The molecule has 0 atom stereocenters. The Kier molecular flexibility index (Phi) is 5.35. The summed E-state index contributed by atoms with van der Waals surface area (Å²) in [6.45, 7) is 2.03. The molecule has 1 heterocycles. The van der Waals surface area contributed by atoms with Gasteiger partial charge in [0.25, 0.3) is 0 Å². The van der Waals surface area contributed by atoms with Crippen molar-refractivity contribution in [3.63, 3.8) is 0 Å². The summed E-state index contributed by atoms with van der Waals surface area (Å²) >= 11 is 0. The van der Waals surface area contributed by atoms with Crippen LogP contribution in [0.1, 0.15) is 19.3 Å². The van der Waals surface area contributed by atoms with Crippen molar-refractivity contribution in [1.29, 1.82) is 0 Å². The minimum Gasteiger partial charge on any atom is -0.292 e. The van der Waals surface area contributed by atoms with E-state index in [1.165, 1.54) is 19.3 Å². The van der Waals surface area contributed by atoms with Crippen molar-refractivity contribution in [1.82, 2.24) is 10.4 Å². The molecule has 0 bridgehead atoms. The van der Waals surface area contributed by atoms with Crippen LogP contribution in [-0.2, 0) is 4.79 Å². The average Bonchev–Trinajstić information content (AvgIpc) is 1.91. The molecule has 1 saturated heterocycles. The Bertz CT molecular complexity index is 93.7. The van der Waals surface area contributed by atoms with Crippen molar-refractivity contribution in [2.24, 2.45) is 0 Å². The number of hydrazine groups is 1. The van der Waals surface area contributed by atoms with Gasteiger partial charge in [-0.2, -0.15) is 0 Å². The maximum Gasteiger partial charge on any atom is 0.221 e. The van der Waals surface area contributed by atoms with Crippen molar-refractivity contribution in [3.8, 4) is 0 Å². The van der Waals surface area contributed by atoms with E-state index in [2.05, 4.69) is 5.43 Å². The minimum absolute atomic E-state index is 0. The third-order valence-electron chi connectivity index (χ3n) is 1.59. The average molecular weight is 165 g/mol. The van der Waals surface area contributed by atoms with Crippen LogP contribution in [0.2, 0.25) is 0 Å². The first-order valence-electron chi connectivity index (χ1n) is 3.38. The van der Waals surface area contributed by atoms with E-state index in [1.54, 1.807) is 0 Å². The monoisotopic (exact) mass is 164 g/mol. The lowest BCUT2D eigenvalue weighted by molar-refractivity contribution is -0.114. The number of piperidine rings is 1. The van der Waals surface area contributed by atoms with E-state index in [-0.39, 0.29) is 12.4 Å². The zero-order valence-electron chi connectivity index (χ0n) is 5.88. The van der Waals surface area contributed by atoms with Crippen LogP contribution < -0.4 is 5.43 Å². The number of carbonyl (C=O) groups is 1. The molecule has 1 amide bonds. The fourth-order valence-corrected chi connectivity index (χ4v) is 1.10. The van der Waals surface area contributed by atoms with Crippen molar-refractivity contribution in [2.45, 2.75) is 19.3 Å². The van der Waals surface area contributed by atoms with Gasteiger partial charge in [0.05, 0.1) is 0 Å². The van der Waals surface area contributed by atoms with Gasteiger partial charge in [-0.1, -0.05) is 6.42 Å². The van der Waals surface area contributed by atoms with E-state index in [0.29, 0.717) is 0 Å². The molecule has 1 fully saturated rings. The highest BCUT2D eigenvalue weighted by Crippen LogP contribution is 2.04. The minimum atomic E-state index is 0. The number of nitrogens with one attached hydrogen (secondary N) is 1. The fraction of sp³-hybridized carbons (Fsp3) is 0.833.